The number of fused-ring (bicyclic) bond motifs is 1. The first-order chi connectivity index (χ1) is 14.5. The molecule has 1 unspecified atom stereocenters. The van der Waals surface area contributed by atoms with Gasteiger partial charge in [0.15, 0.2) is 23.2 Å². The molecule has 5 nitrogen and oxygen atoms in total. The van der Waals surface area contributed by atoms with Gasteiger partial charge in [-0.3, -0.25) is 9.69 Å². The lowest BCUT2D eigenvalue weighted by Crippen LogP contribution is -2.44. The zero-order valence-corrected chi connectivity index (χ0v) is 17.0. The predicted molar refractivity (Wildman–Crippen MR) is 107 cm³/mol. The Morgan fingerprint density at radius 2 is 2.00 bits per heavy atom. The fourth-order valence-electron chi connectivity index (χ4n) is 3.86. The molecule has 160 valence electrons. The number of ether oxygens (including phenoxy) is 3. The van der Waals surface area contributed by atoms with E-state index in [0.29, 0.717) is 13.2 Å². The quantitative estimate of drug-likeness (QED) is 0.642. The molecule has 2 aromatic rings. The second-order valence-electron chi connectivity index (χ2n) is 7.63. The normalized spacial score (nSPS) is 18.7. The smallest absolute Gasteiger partial charge is 0.190 e. The zero-order chi connectivity index (χ0) is 21.1. The minimum atomic E-state index is -0.875. The average molecular weight is 417 g/mol. The van der Waals surface area contributed by atoms with Gasteiger partial charge in [0, 0.05) is 38.0 Å². The highest BCUT2D eigenvalue weighted by molar-refractivity contribution is 5.96. The molecule has 0 aromatic heterocycles. The average Bonchev–Trinajstić information content (AvgIpc) is 3.20. The molecule has 2 aliphatic rings. The summed E-state index contributed by atoms with van der Waals surface area (Å²) in [5.74, 6) is -1.58. The summed E-state index contributed by atoms with van der Waals surface area (Å²) in [6, 6.07) is 8.30. The minimum absolute atomic E-state index is 0.0136. The molecule has 0 saturated carbocycles. The van der Waals surface area contributed by atoms with Gasteiger partial charge in [-0.05, 0) is 29.3 Å². The summed E-state index contributed by atoms with van der Waals surface area (Å²) in [4.78, 5) is 13.9. The largest absolute Gasteiger partial charge is 0.493 e. The van der Waals surface area contributed by atoms with Crippen molar-refractivity contribution in [2.75, 3.05) is 32.9 Å². The lowest BCUT2D eigenvalue weighted by Gasteiger charge is -2.33. The first-order valence-electron chi connectivity index (χ1n) is 10.3. The van der Waals surface area contributed by atoms with Crippen molar-refractivity contribution in [1.29, 1.82) is 0 Å². The van der Waals surface area contributed by atoms with Crippen molar-refractivity contribution >= 4 is 5.78 Å². The molecule has 30 heavy (non-hydrogen) atoms. The number of ketones is 1. The van der Waals surface area contributed by atoms with Crippen LogP contribution in [-0.4, -0.2) is 49.7 Å². The van der Waals surface area contributed by atoms with E-state index in [2.05, 4.69) is 17.0 Å². The maximum atomic E-state index is 14.3. The van der Waals surface area contributed by atoms with Gasteiger partial charge in [-0.1, -0.05) is 19.1 Å². The molecule has 2 aromatic carbocycles. The van der Waals surface area contributed by atoms with Gasteiger partial charge in [0.05, 0.1) is 13.2 Å². The number of hydrogen-bond acceptors (Lipinski definition) is 5. The summed E-state index contributed by atoms with van der Waals surface area (Å²) in [6.07, 6.45) is 0.817. The number of rotatable bonds is 7. The van der Waals surface area contributed by atoms with Gasteiger partial charge < -0.3 is 14.2 Å². The number of benzene rings is 2. The van der Waals surface area contributed by atoms with Gasteiger partial charge in [-0.25, -0.2) is 8.78 Å². The van der Waals surface area contributed by atoms with E-state index in [1.54, 1.807) is 6.92 Å². The lowest BCUT2D eigenvalue weighted by molar-refractivity contribution is -0.0513. The highest BCUT2D eigenvalue weighted by Gasteiger charge is 2.24. The maximum Gasteiger partial charge on any atom is 0.190 e. The molecule has 2 aliphatic heterocycles. The Morgan fingerprint density at radius 3 is 2.77 bits per heavy atom. The van der Waals surface area contributed by atoms with Crippen LogP contribution < -0.4 is 9.47 Å². The van der Waals surface area contributed by atoms with Crippen LogP contribution in [0.4, 0.5) is 8.78 Å². The molecular weight excluding hydrogens is 392 g/mol. The highest BCUT2D eigenvalue weighted by Crippen LogP contribution is 2.27. The Bertz CT molecular complexity index is 910. The number of hydrogen-bond donors (Lipinski definition) is 0. The second kappa shape index (κ2) is 9.10. The monoisotopic (exact) mass is 417 g/mol. The van der Waals surface area contributed by atoms with E-state index in [4.69, 9.17) is 14.2 Å². The van der Waals surface area contributed by atoms with Crippen molar-refractivity contribution in [3.05, 3.63) is 58.7 Å². The van der Waals surface area contributed by atoms with Crippen molar-refractivity contribution < 1.29 is 27.8 Å². The van der Waals surface area contributed by atoms with Crippen LogP contribution in [0.2, 0.25) is 0 Å². The third-order valence-corrected chi connectivity index (χ3v) is 5.44. The third-order valence-electron chi connectivity index (χ3n) is 5.44. The number of carbonyl (C=O) groups is 1. The van der Waals surface area contributed by atoms with E-state index in [1.807, 2.05) is 6.07 Å². The standard InChI is InChI=1S/C23H25F2NO4/c1-2-21(27)17-10-19(24)23(20(25)11-17)30-14-18-13-26(6-8-28-18)12-15-3-4-22-16(9-15)5-7-29-22/h3-4,9-11,18H,2,5-8,12-14H2,1H3. The summed E-state index contributed by atoms with van der Waals surface area (Å²) in [6.45, 7) is 5.08. The molecule has 0 N–H and O–H groups in total. The molecule has 0 radical (unpaired) electrons. The maximum absolute atomic E-state index is 14.3. The molecule has 1 fully saturated rings. The number of morpholine rings is 1. The van der Waals surface area contributed by atoms with Gasteiger partial charge in [0.25, 0.3) is 0 Å². The Labute approximate surface area is 174 Å². The van der Waals surface area contributed by atoms with E-state index < -0.39 is 17.4 Å². The molecule has 1 saturated heterocycles. The summed E-state index contributed by atoms with van der Waals surface area (Å²) in [5.41, 5.74) is 2.45. The summed E-state index contributed by atoms with van der Waals surface area (Å²) in [5, 5.41) is 0. The number of nitrogens with zero attached hydrogens (tertiary/aromatic N) is 1. The lowest BCUT2D eigenvalue weighted by atomic mass is 10.1. The predicted octanol–water partition coefficient (Wildman–Crippen LogP) is 3.77. The van der Waals surface area contributed by atoms with E-state index in [9.17, 15) is 13.6 Å². The molecule has 1 atom stereocenters. The van der Waals surface area contributed by atoms with Crippen molar-refractivity contribution in [3.63, 3.8) is 0 Å². The SMILES string of the molecule is CCC(=O)c1cc(F)c(OCC2CN(Cc3ccc4c(c3)CCO4)CCO2)c(F)c1. The van der Waals surface area contributed by atoms with Crippen LogP contribution in [0.1, 0.15) is 34.8 Å². The first-order valence-corrected chi connectivity index (χ1v) is 10.3. The molecule has 0 amide bonds. The van der Waals surface area contributed by atoms with E-state index in [-0.39, 0.29) is 30.5 Å². The molecule has 7 heteroatoms. The van der Waals surface area contributed by atoms with Crippen LogP contribution in [-0.2, 0) is 17.7 Å². The van der Waals surface area contributed by atoms with Crippen molar-refractivity contribution in [2.45, 2.75) is 32.4 Å². The minimum Gasteiger partial charge on any atom is -0.493 e. The van der Waals surface area contributed by atoms with Gasteiger partial charge >= 0.3 is 0 Å². The number of carbonyl (C=O) groups excluding carboxylic acids is 1. The fourth-order valence-corrected chi connectivity index (χ4v) is 3.86. The summed E-state index contributed by atoms with van der Waals surface area (Å²) in [7, 11) is 0. The topological polar surface area (TPSA) is 48.0 Å². The Morgan fingerprint density at radius 1 is 1.20 bits per heavy atom. The molecular formula is C23H25F2NO4. The van der Waals surface area contributed by atoms with E-state index in [1.165, 1.54) is 11.1 Å². The summed E-state index contributed by atoms with van der Waals surface area (Å²) >= 11 is 0. The van der Waals surface area contributed by atoms with Crippen LogP contribution in [0.25, 0.3) is 0 Å². The van der Waals surface area contributed by atoms with Crippen LogP contribution in [0, 0.1) is 11.6 Å². The van der Waals surface area contributed by atoms with Gasteiger partial charge in [-0.15, -0.1) is 0 Å². The molecule has 0 aliphatic carbocycles. The van der Waals surface area contributed by atoms with Gasteiger partial charge in [0.1, 0.15) is 18.5 Å². The zero-order valence-electron chi connectivity index (χ0n) is 17.0. The number of halogens is 2. The molecule has 0 spiro atoms. The molecule has 2 heterocycles. The van der Waals surface area contributed by atoms with Crippen LogP contribution in [0.3, 0.4) is 0 Å². The molecule has 0 bridgehead atoms. The Balaban J connectivity index is 1.35. The van der Waals surface area contributed by atoms with Crippen LogP contribution in [0.15, 0.2) is 30.3 Å². The van der Waals surface area contributed by atoms with Crippen molar-refractivity contribution in [3.8, 4) is 11.5 Å². The highest BCUT2D eigenvalue weighted by atomic mass is 19.1. The van der Waals surface area contributed by atoms with E-state index in [0.717, 1.165) is 44.0 Å². The van der Waals surface area contributed by atoms with Crippen LogP contribution >= 0.6 is 0 Å². The van der Waals surface area contributed by atoms with Gasteiger partial charge in [-0.2, -0.15) is 0 Å². The van der Waals surface area contributed by atoms with Gasteiger partial charge in [0.2, 0.25) is 0 Å². The first kappa shape index (κ1) is 20.8. The van der Waals surface area contributed by atoms with Crippen molar-refractivity contribution in [2.24, 2.45) is 0 Å². The third kappa shape index (κ3) is 4.63. The summed E-state index contributed by atoms with van der Waals surface area (Å²) < 4.78 is 45.2. The Hall–Kier alpha value is -2.51. The fraction of sp³-hybridized carbons (Fsp3) is 0.435. The molecule has 4 rings (SSSR count). The van der Waals surface area contributed by atoms with E-state index >= 15 is 0 Å². The Kier molecular flexibility index (Phi) is 6.29. The van der Waals surface area contributed by atoms with Crippen molar-refractivity contribution in [1.82, 2.24) is 4.90 Å². The second-order valence-corrected chi connectivity index (χ2v) is 7.63. The number of Topliss-reactive ketones (excluding diaryl/α,β-unsaturated/α-hetero) is 1. The van der Waals surface area contributed by atoms with Crippen LogP contribution in [0.5, 0.6) is 11.5 Å².